The third kappa shape index (κ3) is 3.40. The number of nitriles is 1. The summed E-state index contributed by atoms with van der Waals surface area (Å²) in [6.45, 7) is 2.05. The first-order chi connectivity index (χ1) is 10.5. The molecular formula is C16H13N2O4-. The number of benzene rings is 1. The van der Waals surface area contributed by atoms with Crippen molar-refractivity contribution in [2.24, 2.45) is 0 Å². The normalized spacial score (nSPS) is 10.0. The minimum Gasteiger partial charge on any atom is -0.545 e. The van der Waals surface area contributed by atoms with Crippen LogP contribution in [-0.4, -0.2) is 18.1 Å². The van der Waals surface area contributed by atoms with Crippen molar-refractivity contribution in [1.82, 2.24) is 4.98 Å². The Balaban J connectivity index is 2.36. The van der Waals surface area contributed by atoms with E-state index in [0.717, 1.165) is 0 Å². The number of ether oxygens (including phenoxy) is 2. The molecule has 0 unspecified atom stereocenters. The molecule has 1 aromatic heterocycles. The molecule has 1 aromatic carbocycles. The third-order valence-electron chi connectivity index (χ3n) is 2.91. The lowest BCUT2D eigenvalue weighted by molar-refractivity contribution is -0.255. The summed E-state index contributed by atoms with van der Waals surface area (Å²) in [6.07, 6.45) is 0. The summed E-state index contributed by atoms with van der Waals surface area (Å²) in [5.74, 6) is -0.723. The van der Waals surface area contributed by atoms with Crippen molar-refractivity contribution in [1.29, 1.82) is 5.26 Å². The Morgan fingerprint density at radius 2 is 2.05 bits per heavy atom. The zero-order chi connectivity index (χ0) is 16.1. The molecule has 0 radical (unpaired) electrons. The number of nitrogens with zero attached hydrogens (tertiary/aromatic N) is 2. The van der Waals surface area contributed by atoms with Crippen molar-refractivity contribution in [2.75, 3.05) is 7.11 Å². The molecule has 0 aliphatic heterocycles. The molecule has 0 aliphatic carbocycles. The molecule has 0 amide bonds. The van der Waals surface area contributed by atoms with Gasteiger partial charge in [0.25, 0.3) is 0 Å². The maximum absolute atomic E-state index is 10.7. The number of carbonyl (C=O) groups excluding carboxylic acids is 1. The van der Waals surface area contributed by atoms with E-state index in [1.807, 2.05) is 0 Å². The average Bonchev–Trinajstić information content (AvgIpc) is 2.48. The van der Waals surface area contributed by atoms with Gasteiger partial charge in [0, 0.05) is 18.4 Å². The number of carboxylic acid groups (broad SMARTS) is 1. The number of aromatic carboxylic acids is 1. The van der Waals surface area contributed by atoms with E-state index in [0.29, 0.717) is 17.0 Å². The Kier molecular flexibility index (Phi) is 4.71. The second kappa shape index (κ2) is 6.70. The summed E-state index contributed by atoms with van der Waals surface area (Å²) in [5.41, 5.74) is 1.70. The number of pyridine rings is 1. The lowest BCUT2D eigenvalue weighted by Gasteiger charge is -2.11. The summed E-state index contributed by atoms with van der Waals surface area (Å²) in [4.78, 5) is 14.9. The Hall–Kier alpha value is -2.91. The van der Waals surface area contributed by atoms with E-state index in [9.17, 15) is 15.2 Å². The van der Waals surface area contributed by atoms with Crippen LogP contribution in [0.3, 0.4) is 0 Å². The molecule has 0 bridgehead atoms. The smallest absolute Gasteiger partial charge is 0.237 e. The van der Waals surface area contributed by atoms with Crippen LogP contribution in [0.5, 0.6) is 11.6 Å². The number of carbonyl (C=O) groups is 1. The maximum Gasteiger partial charge on any atom is 0.237 e. The molecule has 112 valence electrons. The summed E-state index contributed by atoms with van der Waals surface area (Å²) in [6, 6.07) is 9.50. The van der Waals surface area contributed by atoms with Crippen LogP contribution in [0.1, 0.15) is 27.2 Å². The van der Waals surface area contributed by atoms with Crippen LogP contribution in [-0.2, 0) is 11.3 Å². The lowest BCUT2D eigenvalue weighted by Crippen LogP contribution is -2.21. The number of carboxylic acids is 1. The molecule has 0 aliphatic rings. The average molecular weight is 297 g/mol. The van der Waals surface area contributed by atoms with Gasteiger partial charge in [-0.25, -0.2) is 4.98 Å². The molecule has 0 saturated carbocycles. The highest BCUT2D eigenvalue weighted by molar-refractivity contribution is 5.85. The van der Waals surface area contributed by atoms with E-state index in [1.54, 1.807) is 13.0 Å². The Morgan fingerprint density at radius 3 is 2.59 bits per heavy atom. The van der Waals surface area contributed by atoms with Gasteiger partial charge in [-0.05, 0) is 42.8 Å². The van der Waals surface area contributed by atoms with Crippen molar-refractivity contribution in [3.63, 3.8) is 0 Å². The van der Waals surface area contributed by atoms with E-state index in [2.05, 4.69) is 11.1 Å². The molecule has 0 atom stereocenters. The molecule has 1 heterocycles. The summed E-state index contributed by atoms with van der Waals surface area (Å²) in [7, 11) is 1.54. The van der Waals surface area contributed by atoms with E-state index in [1.165, 1.54) is 31.4 Å². The monoisotopic (exact) mass is 297 g/mol. The predicted molar refractivity (Wildman–Crippen MR) is 75.2 cm³/mol. The fourth-order valence-corrected chi connectivity index (χ4v) is 1.94. The number of methoxy groups -OCH3 is 1. The summed E-state index contributed by atoms with van der Waals surface area (Å²) >= 11 is 0. The maximum atomic E-state index is 10.7. The molecule has 22 heavy (non-hydrogen) atoms. The zero-order valence-corrected chi connectivity index (χ0v) is 12.1. The lowest BCUT2D eigenvalue weighted by atomic mass is 10.1. The molecule has 6 heteroatoms. The first-order valence-electron chi connectivity index (χ1n) is 6.44. The molecule has 0 saturated heterocycles. The molecular weight excluding hydrogens is 284 g/mol. The fourth-order valence-electron chi connectivity index (χ4n) is 1.94. The molecule has 6 nitrogen and oxygen atoms in total. The number of aromatic nitrogens is 1. The SMILES string of the molecule is COCc1cc(C)nc(Oc2ccc(C(=O)[O-])cc2)c1C#N. The topological polar surface area (TPSA) is 95.3 Å². The Morgan fingerprint density at radius 1 is 1.36 bits per heavy atom. The number of hydrogen-bond donors (Lipinski definition) is 0. The number of aryl methyl sites for hydroxylation is 1. The van der Waals surface area contributed by atoms with Crippen LogP contribution >= 0.6 is 0 Å². The highest BCUT2D eigenvalue weighted by atomic mass is 16.5. The largest absolute Gasteiger partial charge is 0.545 e. The van der Waals surface area contributed by atoms with Crippen LogP contribution in [0, 0.1) is 18.3 Å². The standard InChI is InChI=1S/C16H14N2O4/c1-10-7-12(9-21-2)14(8-17)15(18-10)22-13-5-3-11(4-6-13)16(19)20/h3-7H,9H2,1-2H3,(H,19,20)/p-1. The summed E-state index contributed by atoms with van der Waals surface area (Å²) < 4.78 is 10.7. The van der Waals surface area contributed by atoms with Gasteiger partial charge >= 0.3 is 0 Å². The van der Waals surface area contributed by atoms with Crippen molar-refractivity contribution in [3.8, 4) is 17.7 Å². The van der Waals surface area contributed by atoms with Crippen LogP contribution in [0.15, 0.2) is 30.3 Å². The highest BCUT2D eigenvalue weighted by Gasteiger charge is 2.13. The third-order valence-corrected chi connectivity index (χ3v) is 2.91. The molecule has 2 rings (SSSR count). The van der Waals surface area contributed by atoms with Crippen LogP contribution in [0.4, 0.5) is 0 Å². The Bertz CT molecular complexity index is 733. The van der Waals surface area contributed by atoms with E-state index in [4.69, 9.17) is 9.47 Å². The van der Waals surface area contributed by atoms with E-state index < -0.39 is 5.97 Å². The fraction of sp³-hybridized carbons (Fsp3) is 0.188. The first-order valence-corrected chi connectivity index (χ1v) is 6.44. The molecule has 2 aromatic rings. The van der Waals surface area contributed by atoms with E-state index in [-0.39, 0.29) is 23.6 Å². The van der Waals surface area contributed by atoms with Gasteiger partial charge in [0.2, 0.25) is 5.88 Å². The predicted octanol–water partition coefficient (Wildman–Crippen LogP) is 1.56. The van der Waals surface area contributed by atoms with Crippen LogP contribution < -0.4 is 9.84 Å². The van der Waals surface area contributed by atoms with Gasteiger partial charge in [-0.15, -0.1) is 0 Å². The number of rotatable bonds is 5. The minimum absolute atomic E-state index is 0.0464. The van der Waals surface area contributed by atoms with Gasteiger partial charge in [-0.2, -0.15) is 5.26 Å². The Labute approximate surface area is 127 Å². The quantitative estimate of drug-likeness (QED) is 0.831. The van der Waals surface area contributed by atoms with Crippen LogP contribution in [0.25, 0.3) is 0 Å². The van der Waals surface area contributed by atoms with Gasteiger partial charge in [-0.1, -0.05) is 0 Å². The van der Waals surface area contributed by atoms with Gasteiger partial charge in [0.15, 0.2) is 0 Å². The second-order valence-corrected chi connectivity index (χ2v) is 4.56. The minimum atomic E-state index is -1.26. The van der Waals surface area contributed by atoms with Gasteiger partial charge < -0.3 is 19.4 Å². The zero-order valence-electron chi connectivity index (χ0n) is 12.1. The molecule has 0 fully saturated rings. The second-order valence-electron chi connectivity index (χ2n) is 4.56. The van der Waals surface area contributed by atoms with Crippen molar-refractivity contribution < 1.29 is 19.4 Å². The molecule has 0 N–H and O–H groups in total. The first kappa shape index (κ1) is 15.5. The number of hydrogen-bond acceptors (Lipinski definition) is 6. The van der Waals surface area contributed by atoms with Crippen molar-refractivity contribution >= 4 is 5.97 Å². The molecule has 0 spiro atoms. The van der Waals surface area contributed by atoms with Gasteiger partial charge in [-0.3, -0.25) is 0 Å². The van der Waals surface area contributed by atoms with Crippen molar-refractivity contribution in [3.05, 3.63) is 52.7 Å². The van der Waals surface area contributed by atoms with Crippen LogP contribution in [0.2, 0.25) is 0 Å². The van der Waals surface area contributed by atoms with Gasteiger partial charge in [0.05, 0.1) is 12.6 Å². The highest BCUT2D eigenvalue weighted by Crippen LogP contribution is 2.26. The van der Waals surface area contributed by atoms with Gasteiger partial charge in [0.1, 0.15) is 17.4 Å². The van der Waals surface area contributed by atoms with Crippen molar-refractivity contribution in [2.45, 2.75) is 13.5 Å². The van der Waals surface area contributed by atoms with E-state index >= 15 is 0 Å². The summed E-state index contributed by atoms with van der Waals surface area (Å²) in [5, 5.41) is 20.0.